The number of nitro benzene ring substituents is 2. The molecule has 3 aromatic carbocycles. The molecule has 0 radical (unpaired) electrons. The Labute approximate surface area is 190 Å². The smallest absolute Gasteiger partial charge is 0.300 e. The van der Waals surface area contributed by atoms with E-state index in [-0.39, 0.29) is 28.2 Å². The van der Waals surface area contributed by atoms with Gasteiger partial charge in [-0.25, -0.2) is 4.39 Å². The third-order valence-corrected chi connectivity index (χ3v) is 5.33. The van der Waals surface area contributed by atoms with Gasteiger partial charge in [-0.15, -0.1) is 0 Å². The molecule has 170 valence electrons. The Kier molecular flexibility index (Phi) is 5.60. The molecule has 1 aliphatic rings. The number of hydrogen-bond donors (Lipinski definition) is 1. The van der Waals surface area contributed by atoms with E-state index in [1.807, 2.05) is 0 Å². The Morgan fingerprint density at radius 3 is 1.91 bits per heavy atom. The second kappa shape index (κ2) is 8.54. The van der Waals surface area contributed by atoms with Crippen LogP contribution in [-0.4, -0.2) is 26.6 Å². The highest BCUT2D eigenvalue weighted by molar-refractivity contribution is 6.51. The summed E-state index contributed by atoms with van der Waals surface area (Å²) in [6, 6.07) is 13.3. The Bertz CT molecular complexity index is 1370. The van der Waals surface area contributed by atoms with Crippen molar-refractivity contribution in [1.82, 2.24) is 0 Å². The molecule has 1 amide bonds. The maximum atomic E-state index is 14.8. The van der Waals surface area contributed by atoms with Crippen LogP contribution in [0.5, 0.6) is 0 Å². The Morgan fingerprint density at radius 1 is 0.853 bits per heavy atom. The van der Waals surface area contributed by atoms with Crippen LogP contribution in [-0.2, 0) is 9.59 Å². The lowest BCUT2D eigenvalue weighted by molar-refractivity contribution is -0.385. The fourth-order valence-electron chi connectivity index (χ4n) is 3.72. The van der Waals surface area contributed by atoms with Gasteiger partial charge >= 0.3 is 0 Å². The van der Waals surface area contributed by atoms with Crippen LogP contribution >= 0.6 is 0 Å². The van der Waals surface area contributed by atoms with E-state index in [2.05, 4.69) is 0 Å². The van der Waals surface area contributed by atoms with Crippen LogP contribution in [0.1, 0.15) is 17.2 Å². The number of rotatable bonds is 5. The molecule has 0 bridgehead atoms. The van der Waals surface area contributed by atoms with E-state index in [1.54, 1.807) is 0 Å². The number of aliphatic hydroxyl groups excluding tert-OH is 1. The fourth-order valence-corrected chi connectivity index (χ4v) is 3.72. The molecule has 0 saturated carbocycles. The van der Waals surface area contributed by atoms with Gasteiger partial charge in [-0.2, -0.15) is 0 Å². The van der Waals surface area contributed by atoms with E-state index in [0.29, 0.717) is 0 Å². The van der Waals surface area contributed by atoms with Crippen molar-refractivity contribution in [3.63, 3.8) is 0 Å². The SMILES string of the molecule is O=C1C(=O)N(c2ccc([N+](=O)[O-])cc2)[C@@H](c2ccccc2F)C1=C(O)c1ccc([N+](=O)[O-])cc1. The Morgan fingerprint density at radius 2 is 1.38 bits per heavy atom. The number of Topliss-reactive ketones (excluding diaryl/α,β-unsaturated/α-hetero) is 1. The molecule has 1 atom stereocenters. The molecular weight excluding hydrogens is 449 g/mol. The predicted molar refractivity (Wildman–Crippen MR) is 117 cm³/mol. The summed E-state index contributed by atoms with van der Waals surface area (Å²) in [5.41, 5.74) is -0.953. The summed E-state index contributed by atoms with van der Waals surface area (Å²) in [7, 11) is 0. The predicted octanol–water partition coefficient (Wildman–Crippen LogP) is 4.27. The zero-order valence-corrected chi connectivity index (χ0v) is 17.1. The van der Waals surface area contributed by atoms with Crippen LogP contribution in [0.15, 0.2) is 78.4 Å². The molecule has 34 heavy (non-hydrogen) atoms. The molecule has 1 aliphatic heterocycles. The number of carbonyl (C=O) groups excluding carboxylic acids is 2. The molecule has 0 aromatic heterocycles. The lowest BCUT2D eigenvalue weighted by Gasteiger charge is -2.25. The molecule has 0 unspecified atom stereocenters. The third kappa shape index (κ3) is 3.75. The van der Waals surface area contributed by atoms with Gasteiger partial charge in [0.2, 0.25) is 0 Å². The average molecular weight is 463 g/mol. The first-order valence-electron chi connectivity index (χ1n) is 9.75. The number of ketones is 1. The number of amides is 1. The maximum Gasteiger partial charge on any atom is 0.300 e. The maximum absolute atomic E-state index is 14.8. The number of benzene rings is 3. The van der Waals surface area contributed by atoms with Crippen molar-refractivity contribution in [1.29, 1.82) is 0 Å². The highest BCUT2D eigenvalue weighted by Crippen LogP contribution is 2.43. The molecule has 0 aliphatic carbocycles. The number of carbonyl (C=O) groups is 2. The summed E-state index contributed by atoms with van der Waals surface area (Å²) >= 11 is 0. The standard InChI is InChI=1S/C23H14FN3O7/c24-18-4-2-1-3-17(18)20-19(21(28)13-5-7-15(8-6-13)26(31)32)22(29)23(30)25(20)14-9-11-16(12-10-14)27(33)34/h1-12,20,28H/t20-/m0/s1. The zero-order valence-electron chi connectivity index (χ0n) is 17.1. The summed E-state index contributed by atoms with van der Waals surface area (Å²) in [5, 5.41) is 32.8. The number of anilines is 1. The van der Waals surface area contributed by atoms with Crippen molar-refractivity contribution in [3.8, 4) is 0 Å². The second-order valence-corrected chi connectivity index (χ2v) is 7.27. The number of aliphatic hydroxyl groups is 1. The molecule has 1 heterocycles. The van der Waals surface area contributed by atoms with Gasteiger partial charge in [-0.05, 0) is 30.3 Å². The highest BCUT2D eigenvalue weighted by atomic mass is 19.1. The summed E-state index contributed by atoms with van der Waals surface area (Å²) in [6.07, 6.45) is 0. The van der Waals surface area contributed by atoms with E-state index in [0.717, 1.165) is 35.2 Å². The summed E-state index contributed by atoms with van der Waals surface area (Å²) in [4.78, 5) is 47.6. The van der Waals surface area contributed by atoms with Crippen LogP contribution in [0.4, 0.5) is 21.5 Å². The number of halogens is 1. The number of non-ortho nitro benzene ring substituents is 2. The van der Waals surface area contributed by atoms with Crippen LogP contribution in [0.25, 0.3) is 5.76 Å². The average Bonchev–Trinajstić information content (AvgIpc) is 3.09. The van der Waals surface area contributed by atoms with Gasteiger partial charge in [0, 0.05) is 41.1 Å². The topological polar surface area (TPSA) is 144 Å². The van der Waals surface area contributed by atoms with Gasteiger partial charge in [-0.3, -0.25) is 34.7 Å². The zero-order chi connectivity index (χ0) is 24.6. The molecular formula is C23H14FN3O7. The van der Waals surface area contributed by atoms with Crippen LogP contribution in [0.3, 0.4) is 0 Å². The van der Waals surface area contributed by atoms with Crippen LogP contribution < -0.4 is 4.90 Å². The third-order valence-electron chi connectivity index (χ3n) is 5.33. The normalized spacial score (nSPS) is 17.1. The summed E-state index contributed by atoms with van der Waals surface area (Å²) in [6.45, 7) is 0. The van der Waals surface area contributed by atoms with Gasteiger partial charge in [0.25, 0.3) is 23.1 Å². The Balaban J connectivity index is 1.91. The van der Waals surface area contributed by atoms with Gasteiger partial charge in [0.15, 0.2) is 0 Å². The van der Waals surface area contributed by atoms with Gasteiger partial charge < -0.3 is 5.11 Å². The molecule has 1 N–H and O–H groups in total. The lowest BCUT2D eigenvalue weighted by Crippen LogP contribution is -2.29. The second-order valence-electron chi connectivity index (χ2n) is 7.27. The number of hydrogen-bond acceptors (Lipinski definition) is 7. The molecule has 10 nitrogen and oxygen atoms in total. The first-order valence-corrected chi connectivity index (χ1v) is 9.75. The van der Waals surface area contributed by atoms with Crippen LogP contribution in [0.2, 0.25) is 0 Å². The van der Waals surface area contributed by atoms with Crippen molar-refractivity contribution in [2.24, 2.45) is 0 Å². The number of nitrogens with zero attached hydrogens (tertiary/aromatic N) is 3. The van der Waals surface area contributed by atoms with Crippen molar-refractivity contribution in [2.75, 3.05) is 4.90 Å². The first kappa shape index (κ1) is 22.3. The first-order chi connectivity index (χ1) is 16.2. The molecule has 11 heteroatoms. The Hall–Kier alpha value is -4.93. The minimum Gasteiger partial charge on any atom is -0.507 e. The van der Waals surface area contributed by atoms with Gasteiger partial charge in [0.1, 0.15) is 11.6 Å². The fraction of sp³-hybridized carbons (Fsp3) is 0.0435. The minimum atomic E-state index is -1.39. The molecule has 1 fully saturated rings. The summed E-state index contributed by atoms with van der Waals surface area (Å²) in [5.74, 6) is -3.59. The molecule has 3 aromatic rings. The highest BCUT2D eigenvalue weighted by Gasteiger charge is 2.47. The van der Waals surface area contributed by atoms with Crippen molar-refractivity contribution in [2.45, 2.75) is 6.04 Å². The number of nitro groups is 2. The minimum absolute atomic E-state index is 0.00800. The van der Waals surface area contributed by atoms with E-state index < -0.39 is 44.7 Å². The van der Waals surface area contributed by atoms with E-state index in [1.165, 1.54) is 42.5 Å². The van der Waals surface area contributed by atoms with E-state index >= 15 is 0 Å². The van der Waals surface area contributed by atoms with Gasteiger partial charge in [0.05, 0.1) is 21.5 Å². The quantitative estimate of drug-likeness (QED) is 0.196. The monoisotopic (exact) mass is 463 g/mol. The van der Waals surface area contributed by atoms with Crippen molar-refractivity contribution >= 4 is 34.5 Å². The van der Waals surface area contributed by atoms with Crippen molar-refractivity contribution in [3.05, 3.63) is 116 Å². The molecule has 1 saturated heterocycles. The van der Waals surface area contributed by atoms with Crippen molar-refractivity contribution < 1.29 is 28.9 Å². The van der Waals surface area contributed by atoms with E-state index in [4.69, 9.17) is 0 Å². The molecule has 4 rings (SSSR count). The molecule has 0 spiro atoms. The van der Waals surface area contributed by atoms with Gasteiger partial charge in [-0.1, -0.05) is 18.2 Å². The summed E-state index contributed by atoms with van der Waals surface area (Å²) < 4.78 is 14.8. The lowest BCUT2D eigenvalue weighted by atomic mass is 9.94. The van der Waals surface area contributed by atoms with Crippen LogP contribution in [0, 0.1) is 26.0 Å². The largest absolute Gasteiger partial charge is 0.507 e. The van der Waals surface area contributed by atoms with E-state index in [9.17, 15) is 39.3 Å².